The second kappa shape index (κ2) is 12.5. The van der Waals surface area contributed by atoms with Crippen molar-refractivity contribution >= 4 is 40.2 Å². The van der Waals surface area contributed by atoms with Gasteiger partial charge in [-0.05, 0) is 71.8 Å². The van der Waals surface area contributed by atoms with Gasteiger partial charge in [0.05, 0.1) is 5.56 Å². The van der Waals surface area contributed by atoms with Gasteiger partial charge in [0.25, 0.3) is 5.91 Å². The van der Waals surface area contributed by atoms with Crippen molar-refractivity contribution in [1.29, 1.82) is 0 Å². The fourth-order valence-corrected chi connectivity index (χ4v) is 3.92. The van der Waals surface area contributed by atoms with Crippen molar-refractivity contribution in [2.24, 2.45) is 0 Å². The van der Waals surface area contributed by atoms with Gasteiger partial charge in [-0.3, -0.25) is 14.4 Å². The summed E-state index contributed by atoms with van der Waals surface area (Å²) >= 11 is 2.22. The largest absolute Gasteiger partial charge is 0.482 e. The molecule has 2 atom stereocenters. The number of Topliss-reactive ketones (excluding diaryl/α,β-unsaturated/α-hetero) is 1. The van der Waals surface area contributed by atoms with Crippen LogP contribution in [-0.4, -0.2) is 41.7 Å². The average molecular weight is 584 g/mol. The maximum Gasteiger partial charge on any atom is 0.255 e. The van der Waals surface area contributed by atoms with Gasteiger partial charge < -0.3 is 15.0 Å². The maximum absolute atomic E-state index is 13.0. The lowest BCUT2D eigenvalue weighted by Crippen LogP contribution is -2.45. The molecular weight excluding hydrogens is 555 g/mol. The Balaban J connectivity index is 1.61. The molecule has 3 aromatic carbocycles. The molecule has 7 heteroatoms. The maximum atomic E-state index is 13.0. The van der Waals surface area contributed by atoms with Gasteiger partial charge >= 0.3 is 0 Å². The highest BCUT2D eigenvalue weighted by atomic mass is 127. The van der Waals surface area contributed by atoms with Crippen LogP contribution < -0.4 is 10.1 Å². The van der Waals surface area contributed by atoms with E-state index in [-0.39, 0.29) is 23.7 Å². The molecule has 0 unspecified atom stereocenters. The van der Waals surface area contributed by atoms with Crippen molar-refractivity contribution in [1.82, 2.24) is 10.2 Å². The number of halogens is 1. The first-order valence-corrected chi connectivity index (χ1v) is 12.4. The zero-order valence-electron chi connectivity index (χ0n) is 20.0. The van der Waals surface area contributed by atoms with E-state index in [1.165, 1.54) is 0 Å². The molecule has 0 radical (unpaired) electrons. The highest BCUT2D eigenvalue weighted by Gasteiger charge is 2.23. The van der Waals surface area contributed by atoms with E-state index in [4.69, 9.17) is 4.74 Å². The summed E-state index contributed by atoms with van der Waals surface area (Å²) < 4.78 is 6.98. The summed E-state index contributed by atoms with van der Waals surface area (Å²) in [6.07, 6.45) is -0.495. The minimum Gasteiger partial charge on any atom is -0.482 e. The normalized spacial score (nSPS) is 12.3. The Hall–Kier alpha value is -3.20. The quantitative estimate of drug-likeness (QED) is 0.353. The van der Waals surface area contributed by atoms with Gasteiger partial charge in [-0.2, -0.15) is 0 Å². The van der Waals surface area contributed by atoms with E-state index in [1.54, 1.807) is 50.1 Å². The van der Waals surface area contributed by atoms with Gasteiger partial charge in [-0.1, -0.05) is 54.6 Å². The van der Waals surface area contributed by atoms with Crippen molar-refractivity contribution in [3.63, 3.8) is 0 Å². The molecule has 0 aliphatic carbocycles. The van der Waals surface area contributed by atoms with Gasteiger partial charge in [0.15, 0.2) is 11.9 Å². The van der Waals surface area contributed by atoms with E-state index in [9.17, 15) is 14.4 Å². The topological polar surface area (TPSA) is 75.7 Å². The van der Waals surface area contributed by atoms with Crippen molar-refractivity contribution in [3.05, 3.63) is 99.1 Å². The number of hydrogen-bond donors (Lipinski definition) is 1. The number of ketones is 1. The third-order valence-electron chi connectivity index (χ3n) is 5.54. The summed E-state index contributed by atoms with van der Waals surface area (Å²) in [4.78, 5) is 40.1. The van der Waals surface area contributed by atoms with Crippen LogP contribution in [0.15, 0.2) is 78.9 Å². The molecule has 0 spiro atoms. The predicted molar refractivity (Wildman–Crippen MR) is 144 cm³/mol. The second-order valence-electron chi connectivity index (χ2n) is 8.40. The number of para-hydroxylation sites is 1. The molecule has 0 heterocycles. The molecule has 3 rings (SSSR count). The first kappa shape index (κ1) is 26.4. The van der Waals surface area contributed by atoms with Crippen LogP contribution in [0.3, 0.4) is 0 Å². The van der Waals surface area contributed by atoms with Crippen LogP contribution >= 0.6 is 22.6 Å². The molecule has 0 bridgehead atoms. The Labute approximate surface area is 219 Å². The van der Waals surface area contributed by atoms with E-state index in [0.717, 1.165) is 14.7 Å². The zero-order valence-corrected chi connectivity index (χ0v) is 22.2. The van der Waals surface area contributed by atoms with Crippen LogP contribution in [0, 0.1) is 3.57 Å². The molecule has 35 heavy (non-hydrogen) atoms. The molecule has 182 valence electrons. The second-order valence-corrected chi connectivity index (χ2v) is 9.65. The number of rotatable bonds is 10. The van der Waals surface area contributed by atoms with Gasteiger partial charge in [0.1, 0.15) is 11.8 Å². The van der Waals surface area contributed by atoms with E-state index >= 15 is 0 Å². The van der Waals surface area contributed by atoms with Gasteiger partial charge in [0, 0.05) is 23.6 Å². The molecule has 6 nitrogen and oxygen atoms in total. The Morgan fingerprint density at radius 1 is 0.886 bits per heavy atom. The summed E-state index contributed by atoms with van der Waals surface area (Å²) in [5, 5.41) is 2.75. The Kier molecular flexibility index (Phi) is 9.42. The molecule has 3 aromatic rings. The Morgan fingerprint density at radius 2 is 1.51 bits per heavy atom. The third-order valence-corrected chi connectivity index (χ3v) is 6.26. The summed E-state index contributed by atoms with van der Waals surface area (Å²) in [6, 6.07) is 23.4. The van der Waals surface area contributed by atoms with Crippen molar-refractivity contribution in [2.75, 3.05) is 7.05 Å². The molecule has 0 saturated carbocycles. The first-order chi connectivity index (χ1) is 16.7. The highest BCUT2D eigenvalue weighted by Crippen LogP contribution is 2.20. The zero-order chi connectivity index (χ0) is 25.4. The van der Waals surface area contributed by atoms with E-state index in [0.29, 0.717) is 12.3 Å². The molecule has 0 fully saturated rings. The fraction of sp³-hybridized carbons (Fsp3) is 0.250. The van der Waals surface area contributed by atoms with Crippen molar-refractivity contribution in [2.45, 2.75) is 39.0 Å². The van der Waals surface area contributed by atoms with E-state index < -0.39 is 18.1 Å². The lowest BCUT2D eigenvalue weighted by atomic mass is 10.1. The predicted octanol–water partition coefficient (Wildman–Crippen LogP) is 4.65. The number of ether oxygens (including phenoxy) is 1. The molecule has 0 aromatic heterocycles. The number of likely N-dealkylation sites (N-methyl/N-ethyl adjacent to an activating group) is 1. The molecule has 0 saturated heterocycles. The molecule has 0 aliphatic heterocycles. The van der Waals surface area contributed by atoms with Crippen LogP contribution in [0.4, 0.5) is 0 Å². The number of amides is 2. The minimum absolute atomic E-state index is 0.0903. The van der Waals surface area contributed by atoms with Crippen molar-refractivity contribution < 1.29 is 19.1 Å². The number of hydrogen-bond acceptors (Lipinski definition) is 4. The molecule has 1 N–H and O–H groups in total. The average Bonchev–Trinajstić information content (AvgIpc) is 2.85. The van der Waals surface area contributed by atoms with Gasteiger partial charge in [-0.25, -0.2) is 0 Å². The number of carbonyl (C=O) groups excluding carboxylic acids is 3. The van der Waals surface area contributed by atoms with Crippen LogP contribution in [0.2, 0.25) is 0 Å². The van der Waals surface area contributed by atoms with Gasteiger partial charge in [-0.15, -0.1) is 0 Å². The summed E-state index contributed by atoms with van der Waals surface area (Å²) in [5.74, 6) is -0.438. The first-order valence-electron chi connectivity index (χ1n) is 11.4. The highest BCUT2D eigenvalue weighted by molar-refractivity contribution is 14.1. The molecule has 2 amide bonds. The van der Waals surface area contributed by atoms with Crippen LogP contribution in [0.5, 0.6) is 5.75 Å². The summed E-state index contributed by atoms with van der Waals surface area (Å²) in [5.41, 5.74) is 2.18. The van der Waals surface area contributed by atoms with E-state index in [1.807, 2.05) is 54.6 Å². The van der Waals surface area contributed by atoms with Crippen molar-refractivity contribution in [3.8, 4) is 5.75 Å². The number of nitrogens with one attached hydrogen (secondary N) is 1. The SMILES string of the molecule is C[C@H](Oc1ccccc1C(=O)N[C@H](C)C(=O)N(C)Cc1ccccc1)C(=O)Cc1ccc(I)cc1. The smallest absolute Gasteiger partial charge is 0.255 e. The Morgan fingerprint density at radius 3 is 2.20 bits per heavy atom. The Bertz CT molecular complexity index is 1170. The van der Waals surface area contributed by atoms with Gasteiger partial charge in [0.2, 0.25) is 5.91 Å². The van der Waals surface area contributed by atoms with Crippen LogP contribution in [0.1, 0.15) is 35.3 Å². The summed E-state index contributed by atoms with van der Waals surface area (Å²) in [6.45, 7) is 3.77. The number of nitrogens with zero attached hydrogens (tertiary/aromatic N) is 1. The standard InChI is InChI=1S/C28H29IN2O4/c1-19(28(34)31(3)18-22-9-5-4-6-10-22)30-27(33)24-11-7-8-12-26(24)35-20(2)25(32)17-21-13-15-23(29)16-14-21/h4-16,19-20H,17-18H2,1-3H3,(H,30,33)/t19-,20+/m1/s1. The fourth-order valence-electron chi connectivity index (χ4n) is 3.56. The summed E-state index contributed by atoms with van der Waals surface area (Å²) in [7, 11) is 1.70. The number of benzene rings is 3. The number of carbonyl (C=O) groups is 3. The minimum atomic E-state index is -0.737. The lowest BCUT2D eigenvalue weighted by molar-refractivity contribution is -0.132. The molecule has 0 aliphatic rings. The van der Waals surface area contributed by atoms with Crippen LogP contribution in [0.25, 0.3) is 0 Å². The molecular formula is C28H29IN2O4. The van der Waals surface area contributed by atoms with Crippen LogP contribution in [-0.2, 0) is 22.6 Å². The lowest BCUT2D eigenvalue weighted by Gasteiger charge is -2.23. The third kappa shape index (κ3) is 7.65. The monoisotopic (exact) mass is 584 g/mol. The van der Waals surface area contributed by atoms with E-state index in [2.05, 4.69) is 27.9 Å².